The van der Waals surface area contributed by atoms with E-state index in [1.54, 1.807) is 13.0 Å². The molecule has 80 heavy (non-hydrogen) atoms. The normalized spacial score (nSPS) is 15.3. The molecule has 0 unspecified atom stereocenters. The molecule has 426 valence electrons. The molecule has 5 aromatic carbocycles. The number of aliphatic imine (C=N–C) groups is 1. The van der Waals surface area contributed by atoms with E-state index in [0.717, 1.165) is 21.5 Å². The van der Waals surface area contributed by atoms with Crippen LogP contribution in [0.4, 0.5) is 0 Å². The van der Waals surface area contributed by atoms with Gasteiger partial charge in [-0.3, -0.25) is 43.3 Å². The second kappa shape index (κ2) is 29.4. The summed E-state index contributed by atoms with van der Waals surface area (Å²) in [5, 5.41) is 43.4. The summed E-state index contributed by atoms with van der Waals surface area (Å²) >= 11 is 0. The standard InChI is InChI=1S/C59H75N11O10/c1-5-62-57(79)51-17-11-27-70(51)58(80)45(16-10-26-63-59(60)61)65-52(74)46(28-35(2)3)66-55(77)49(33-39-19-23-41-13-7-9-15-43(41)30-39)67-54(76)48(31-37-20-24-44(73)25-21-37)68-56(78)50(34-71)69-53(75)47(64-36(4)72)32-38-18-22-40-12-6-8-14-42(40)29-38/h6-9,12-15,18-25,29-30,35,45-51,71,73H,5,10-11,16-17,26-28,31-34H2,1-4H3,(H,62,79)(H,64,72)(H,65,74)(H,66,77)(H,67,76)(H,68,78)(H,69,75)(H4,60,61,63)/t45-,46-,47-,48-,49-,50-,51-/m0/s1. The Morgan fingerprint density at radius 3 is 1.59 bits per heavy atom. The number of hydrogen-bond acceptors (Lipinski definition) is 11. The lowest BCUT2D eigenvalue weighted by atomic mass is 9.98. The van der Waals surface area contributed by atoms with Crippen molar-refractivity contribution in [2.75, 3.05) is 26.2 Å². The van der Waals surface area contributed by atoms with Crippen molar-refractivity contribution in [1.82, 2.24) is 42.1 Å². The maximum absolute atomic E-state index is 14.9. The van der Waals surface area contributed by atoms with Gasteiger partial charge in [-0.15, -0.1) is 0 Å². The number of guanidine groups is 1. The van der Waals surface area contributed by atoms with Gasteiger partial charge < -0.3 is 63.8 Å². The van der Waals surface area contributed by atoms with Gasteiger partial charge >= 0.3 is 0 Å². The molecular weight excluding hydrogens is 1020 g/mol. The number of aliphatic hydroxyl groups excluding tert-OH is 1. The first-order valence-corrected chi connectivity index (χ1v) is 27.1. The van der Waals surface area contributed by atoms with Crippen molar-refractivity contribution in [3.63, 3.8) is 0 Å². The highest BCUT2D eigenvalue weighted by Crippen LogP contribution is 2.22. The Balaban J connectivity index is 1.27. The molecule has 1 saturated heterocycles. The van der Waals surface area contributed by atoms with Crippen molar-refractivity contribution in [2.24, 2.45) is 22.4 Å². The van der Waals surface area contributed by atoms with Crippen LogP contribution < -0.4 is 48.7 Å². The number of phenols is 1. The molecule has 5 aromatic rings. The minimum atomic E-state index is -1.62. The summed E-state index contributed by atoms with van der Waals surface area (Å²) in [5.74, 6) is -5.75. The molecule has 7 atom stereocenters. The average molecular weight is 1100 g/mol. The van der Waals surface area contributed by atoms with Crippen LogP contribution in [0, 0.1) is 5.92 Å². The van der Waals surface area contributed by atoms with Crippen LogP contribution in [0.25, 0.3) is 21.5 Å². The Bertz CT molecular complexity index is 3020. The number of nitrogens with zero attached hydrogens (tertiary/aromatic N) is 2. The number of carbonyl (C=O) groups is 8. The molecule has 21 heteroatoms. The number of benzene rings is 5. The van der Waals surface area contributed by atoms with Gasteiger partial charge in [0.05, 0.1) is 6.61 Å². The molecule has 21 nitrogen and oxygen atoms in total. The summed E-state index contributed by atoms with van der Waals surface area (Å²) in [6, 6.07) is 23.4. The van der Waals surface area contributed by atoms with Crippen molar-refractivity contribution >= 4 is 74.8 Å². The molecule has 0 aliphatic carbocycles. The monoisotopic (exact) mass is 1100 g/mol. The molecule has 0 radical (unpaired) electrons. The fourth-order valence-corrected chi connectivity index (χ4v) is 9.76. The van der Waals surface area contributed by atoms with Gasteiger partial charge in [-0.25, -0.2) is 0 Å². The van der Waals surface area contributed by atoms with E-state index in [4.69, 9.17) is 11.5 Å². The lowest BCUT2D eigenvalue weighted by molar-refractivity contribution is -0.142. The highest BCUT2D eigenvalue weighted by Gasteiger charge is 2.39. The van der Waals surface area contributed by atoms with Crippen LogP contribution >= 0.6 is 0 Å². The molecule has 1 heterocycles. The van der Waals surface area contributed by atoms with Crippen LogP contribution in [-0.4, -0.2) is 137 Å². The second-order valence-corrected chi connectivity index (χ2v) is 20.5. The summed E-state index contributed by atoms with van der Waals surface area (Å²) < 4.78 is 0. The first-order valence-electron chi connectivity index (χ1n) is 27.1. The quantitative estimate of drug-likeness (QED) is 0.0204. The number of nitrogens with two attached hydrogens (primary N) is 2. The van der Waals surface area contributed by atoms with Gasteiger partial charge in [-0.2, -0.15) is 0 Å². The number of amides is 8. The van der Waals surface area contributed by atoms with Crippen molar-refractivity contribution < 1.29 is 48.6 Å². The van der Waals surface area contributed by atoms with E-state index in [0.29, 0.717) is 42.6 Å². The summed E-state index contributed by atoms with van der Waals surface area (Å²) in [5.41, 5.74) is 13.0. The van der Waals surface area contributed by atoms with E-state index in [9.17, 15) is 48.6 Å². The third-order valence-corrected chi connectivity index (χ3v) is 13.7. The van der Waals surface area contributed by atoms with Crippen LogP contribution in [0.15, 0.2) is 114 Å². The Kier molecular flexibility index (Phi) is 22.3. The molecule has 0 spiro atoms. The predicted molar refractivity (Wildman–Crippen MR) is 304 cm³/mol. The van der Waals surface area contributed by atoms with E-state index in [-0.39, 0.29) is 68.6 Å². The average Bonchev–Trinajstić information content (AvgIpc) is 3.94. The maximum Gasteiger partial charge on any atom is 0.245 e. The predicted octanol–water partition coefficient (Wildman–Crippen LogP) is 1.87. The van der Waals surface area contributed by atoms with Crippen molar-refractivity contribution in [1.29, 1.82) is 0 Å². The van der Waals surface area contributed by atoms with Gasteiger partial charge in [0.25, 0.3) is 0 Å². The Hall–Kier alpha value is -8.59. The molecule has 13 N–H and O–H groups in total. The smallest absolute Gasteiger partial charge is 0.245 e. The lowest BCUT2D eigenvalue weighted by Gasteiger charge is -2.30. The number of aliphatic hydroxyl groups is 1. The zero-order valence-electron chi connectivity index (χ0n) is 45.7. The number of aromatic hydroxyl groups is 1. The molecule has 1 fully saturated rings. The minimum Gasteiger partial charge on any atom is -0.508 e. The SMILES string of the molecule is CCNC(=O)[C@@H]1CCCN1C(=O)[C@H](CCCN=C(N)N)NC(=O)[C@H](CC(C)C)NC(=O)[C@H](Cc1ccc2ccccc2c1)NC(=O)[C@H](Cc1ccc(O)cc1)NC(=O)[C@H](CO)NC(=O)[C@H](Cc1ccc2ccccc2c1)NC(C)=O. The number of rotatable bonds is 27. The topological polar surface area (TPSA) is 329 Å². The van der Waals surface area contributed by atoms with E-state index < -0.39 is 90.3 Å². The first-order chi connectivity index (χ1) is 38.3. The highest BCUT2D eigenvalue weighted by molar-refractivity contribution is 5.98. The lowest BCUT2D eigenvalue weighted by Crippen LogP contribution is -2.61. The van der Waals surface area contributed by atoms with Crippen LogP contribution in [0.2, 0.25) is 0 Å². The molecule has 8 amide bonds. The fourth-order valence-electron chi connectivity index (χ4n) is 9.76. The Morgan fingerprint density at radius 1 is 0.613 bits per heavy atom. The highest BCUT2D eigenvalue weighted by atomic mass is 16.3. The van der Waals surface area contributed by atoms with Gasteiger partial charge in [-0.05, 0) is 95.3 Å². The first kappa shape index (κ1) is 60.6. The Labute approximate surface area is 465 Å². The van der Waals surface area contributed by atoms with E-state index >= 15 is 0 Å². The molecule has 0 bridgehead atoms. The Morgan fingerprint density at radius 2 is 1.07 bits per heavy atom. The number of phenolic OH excluding ortho intramolecular Hbond substituents is 1. The number of likely N-dealkylation sites (N-methyl/N-ethyl adjacent to an activating group) is 1. The van der Waals surface area contributed by atoms with Crippen molar-refractivity contribution in [3.05, 3.63) is 126 Å². The summed E-state index contributed by atoms with van der Waals surface area (Å²) in [7, 11) is 0. The molecular formula is C59H75N11O10. The van der Waals surface area contributed by atoms with Crippen LogP contribution in [-0.2, 0) is 57.6 Å². The van der Waals surface area contributed by atoms with Crippen LogP contribution in [0.1, 0.15) is 76.5 Å². The van der Waals surface area contributed by atoms with Gasteiger partial charge in [0.1, 0.15) is 48.0 Å². The third-order valence-electron chi connectivity index (χ3n) is 13.7. The van der Waals surface area contributed by atoms with E-state index in [1.807, 2.05) is 92.7 Å². The summed E-state index contributed by atoms with van der Waals surface area (Å²) in [4.78, 5) is 118. The number of hydrogen-bond donors (Lipinski definition) is 11. The molecule has 0 saturated carbocycles. The van der Waals surface area contributed by atoms with E-state index in [1.165, 1.54) is 36.1 Å². The van der Waals surface area contributed by atoms with Crippen molar-refractivity contribution in [3.8, 4) is 5.75 Å². The van der Waals surface area contributed by atoms with Crippen LogP contribution in [0.3, 0.4) is 0 Å². The van der Waals surface area contributed by atoms with Gasteiger partial charge in [-0.1, -0.05) is 111 Å². The number of carbonyl (C=O) groups excluding carboxylic acids is 8. The maximum atomic E-state index is 14.9. The summed E-state index contributed by atoms with van der Waals surface area (Å²) in [6.45, 7) is 6.63. The number of likely N-dealkylation sites (tertiary alicyclic amines) is 1. The van der Waals surface area contributed by atoms with Crippen LogP contribution in [0.5, 0.6) is 5.75 Å². The molecule has 1 aliphatic heterocycles. The van der Waals surface area contributed by atoms with E-state index in [2.05, 4.69) is 42.2 Å². The fraction of sp³-hybridized carbons (Fsp3) is 0.407. The molecule has 6 rings (SSSR count). The van der Waals surface area contributed by atoms with Gasteiger partial charge in [0.15, 0.2) is 5.96 Å². The van der Waals surface area contributed by atoms with Gasteiger partial charge in [0, 0.05) is 45.8 Å². The second-order valence-electron chi connectivity index (χ2n) is 20.5. The minimum absolute atomic E-state index is 0.0415. The molecule has 0 aromatic heterocycles. The summed E-state index contributed by atoms with van der Waals surface area (Å²) in [6.07, 6.45) is 1.24. The number of nitrogens with one attached hydrogen (secondary N) is 7. The van der Waals surface area contributed by atoms with Crippen molar-refractivity contribution in [2.45, 2.75) is 121 Å². The largest absolute Gasteiger partial charge is 0.508 e. The molecule has 1 aliphatic rings. The third kappa shape index (κ3) is 17.7. The van der Waals surface area contributed by atoms with Gasteiger partial charge in [0.2, 0.25) is 47.3 Å². The number of fused-ring (bicyclic) bond motifs is 2. The zero-order valence-corrected chi connectivity index (χ0v) is 45.7. The zero-order chi connectivity index (χ0) is 57.9.